The third-order valence-corrected chi connectivity index (χ3v) is 3.35. The molecule has 1 aromatic carbocycles. The molecule has 1 unspecified atom stereocenters. The number of hydrogen-bond donors (Lipinski definition) is 0. The van der Waals surface area contributed by atoms with Gasteiger partial charge in [0.2, 0.25) is 0 Å². The molecule has 0 heterocycles. The maximum Gasteiger partial charge on any atom is 0.274 e. The molecule has 0 amide bonds. The van der Waals surface area contributed by atoms with Crippen LogP contribution in [0.5, 0.6) is 0 Å². The zero-order valence-electron chi connectivity index (χ0n) is 9.01. The first-order chi connectivity index (χ1) is 7.99. The topological polar surface area (TPSA) is 84.0 Å². The SMILES string of the molecule is CC(=O)C(Br)c1c(CC#N)cccc1[N+](=O)[O-]. The van der Waals surface area contributed by atoms with Gasteiger partial charge in [0, 0.05) is 6.07 Å². The third kappa shape index (κ3) is 2.88. The molecule has 0 spiro atoms. The Labute approximate surface area is 106 Å². The van der Waals surface area contributed by atoms with E-state index in [1.54, 1.807) is 6.07 Å². The predicted molar refractivity (Wildman–Crippen MR) is 64.8 cm³/mol. The molecule has 17 heavy (non-hydrogen) atoms. The van der Waals surface area contributed by atoms with E-state index in [4.69, 9.17) is 5.26 Å². The minimum atomic E-state index is -0.757. The molecule has 1 aromatic rings. The fourth-order valence-electron chi connectivity index (χ4n) is 1.49. The summed E-state index contributed by atoms with van der Waals surface area (Å²) in [5, 5.41) is 19.6. The molecule has 0 aromatic heterocycles. The minimum Gasteiger partial charge on any atom is -0.298 e. The molecule has 0 bridgehead atoms. The predicted octanol–water partition coefficient (Wildman–Crippen LogP) is 2.69. The normalized spacial score (nSPS) is 11.6. The van der Waals surface area contributed by atoms with Crippen LogP contribution < -0.4 is 0 Å². The van der Waals surface area contributed by atoms with Gasteiger partial charge in [-0.15, -0.1) is 0 Å². The van der Waals surface area contributed by atoms with Crippen LogP contribution in [-0.4, -0.2) is 10.7 Å². The van der Waals surface area contributed by atoms with Gasteiger partial charge in [-0.25, -0.2) is 0 Å². The summed E-state index contributed by atoms with van der Waals surface area (Å²) < 4.78 is 0. The average Bonchev–Trinajstić information content (AvgIpc) is 2.28. The first-order valence-electron chi connectivity index (χ1n) is 4.76. The maximum atomic E-state index is 11.3. The summed E-state index contributed by atoms with van der Waals surface area (Å²) >= 11 is 3.13. The Hall–Kier alpha value is -1.74. The Morgan fingerprint density at radius 2 is 2.29 bits per heavy atom. The number of hydrogen-bond acceptors (Lipinski definition) is 4. The van der Waals surface area contributed by atoms with Gasteiger partial charge in [0.15, 0.2) is 0 Å². The number of ketones is 1. The molecule has 0 saturated carbocycles. The van der Waals surface area contributed by atoms with E-state index in [0.717, 1.165) is 0 Å². The summed E-state index contributed by atoms with van der Waals surface area (Å²) in [6.45, 7) is 1.34. The van der Waals surface area contributed by atoms with Crippen LogP contribution in [0.25, 0.3) is 0 Å². The van der Waals surface area contributed by atoms with Gasteiger partial charge < -0.3 is 0 Å². The van der Waals surface area contributed by atoms with Crippen LogP contribution >= 0.6 is 15.9 Å². The number of nitro groups is 1. The largest absolute Gasteiger partial charge is 0.298 e. The maximum absolute atomic E-state index is 11.3. The first-order valence-corrected chi connectivity index (χ1v) is 5.68. The van der Waals surface area contributed by atoms with Crippen molar-refractivity contribution < 1.29 is 9.72 Å². The Bertz CT molecular complexity index is 508. The Kier molecular flexibility index (Phi) is 4.35. The molecule has 88 valence electrons. The lowest BCUT2D eigenvalue weighted by molar-refractivity contribution is -0.385. The number of nitrogens with zero attached hydrogens (tertiary/aromatic N) is 2. The van der Waals surface area contributed by atoms with Crippen LogP contribution in [0.3, 0.4) is 0 Å². The van der Waals surface area contributed by atoms with Crippen molar-refractivity contribution in [3.63, 3.8) is 0 Å². The smallest absolute Gasteiger partial charge is 0.274 e. The molecular formula is C11H9BrN2O3. The second-order valence-corrected chi connectivity index (χ2v) is 4.33. The van der Waals surface area contributed by atoms with Gasteiger partial charge in [0.1, 0.15) is 10.6 Å². The van der Waals surface area contributed by atoms with Gasteiger partial charge >= 0.3 is 0 Å². The number of rotatable bonds is 4. The molecule has 1 atom stereocenters. The van der Waals surface area contributed by atoms with Gasteiger partial charge in [0.05, 0.1) is 23.0 Å². The fraction of sp³-hybridized carbons (Fsp3) is 0.273. The van der Waals surface area contributed by atoms with Crippen molar-refractivity contribution in [1.29, 1.82) is 5.26 Å². The molecular weight excluding hydrogens is 288 g/mol. The van der Waals surface area contributed by atoms with E-state index in [1.807, 2.05) is 6.07 Å². The lowest BCUT2D eigenvalue weighted by Gasteiger charge is -2.11. The van der Waals surface area contributed by atoms with Crippen molar-refractivity contribution in [2.45, 2.75) is 18.2 Å². The number of halogens is 1. The monoisotopic (exact) mass is 296 g/mol. The van der Waals surface area contributed by atoms with Gasteiger partial charge in [-0.2, -0.15) is 5.26 Å². The van der Waals surface area contributed by atoms with Crippen LogP contribution in [-0.2, 0) is 11.2 Å². The van der Waals surface area contributed by atoms with Gasteiger partial charge in [-0.1, -0.05) is 28.1 Å². The van der Waals surface area contributed by atoms with Gasteiger partial charge in [-0.3, -0.25) is 14.9 Å². The van der Waals surface area contributed by atoms with E-state index in [0.29, 0.717) is 5.56 Å². The number of nitriles is 1. The van der Waals surface area contributed by atoms with E-state index in [1.165, 1.54) is 19.1 Å². The van der Waals surface area contributed by atoms with E-state index in [-0.39, 0.29) is 23.5 Å². The highest BCUT2D eigenvalue weighted by molar-refractivity contribution is 9.09. The molecule has 6 heteroatoms. The number of Topliss-reactive ketones (excluding diaryl/α,β-unsaturated/α-hetero) is 1. The summed E-state index contributed by atoms with van der Waals surface area (Å²) in [6.07, 6.45) is 0.0341. The Balaban J connectivity index is 3.44. The number of nitro benzene ring substituents is 1. The standard InChI is InChI=1S/C11H9BrN2O3/c1-7(15)11(12)10-8(5-6-13)3-2-4-9(10)14(16)17/h2-4,11H,5H2,1H3. The lowest BCUT2D eigenvalue weighted by atomic mass is 9.98. The molecule has 0 saturated heterocycles. The molecule has 0 N–H and O–H groups in total. The molecule has 5 nitrogen and oxygen atoms in total. The Morgan fingerprint density at radius 1 is 1.65 bits per heavy atom. The molecule has 0 radical (unpaired) electrons. The number of benzene rings is 1. The number of carbonyl (C=O) groups is 1. The minimum absolute atomic E-state index is 0.0341. The van der Waals surface area contributed by atoms with Crippen molar-refractivity contribution in [2.75, 3.05) is 0 Å². The quantitative estimate of drug-likeness (QED) is 0.486. The fourth-order valence-corrected chi connectivity index (χ4v) is 2.02. The van der Waals surface area contributed by atoms with Gasteiger partial charge in [0.25, 0.3) is 5.69 Å². The summed E-state index contributed by atoms with van der Waals surface area (Å²) in [5.74, 6) is -0.238. The van der Waals surface area contributed by atoms with Crippen molar-refractivity contribution in [1.82, 2.24) is 0 Å². The highest BCUT2D eigenvalue weighted by Crippen LogP contribution is 2.34. The van der Waals surface area contributed by atoms with Crippen molar-refractivity contribution in [3.8, 4) is 6.07 Å². The lowest BCUT2D eigenvalue weighted by Crippen LogP contribution is -2.08. The van der Waals surface area contributed by atoms with Crippen LogP contribution in [0.1, 0.15) is 22.9 Å². The first kappa shape index (κ1) is 13.3. The van der Waals surface area contributed by atoms with Crippen LogP contribution in [0.15, 0.2) is 18.2 Å². The molecule has 0 aliphatic heterocycles. The molecule has 1 rings (SSSR count). The van der Waals surface area contributed by atoms with Crippen LogP contribution in [0.2, 0.25) is 0 Å². The molecule has 0 aliphatic rings. The van der Waals surface area contributed by atoms with Crippen LogP contribution in [0, 0.1) is 21.4 Å². The third-order valence-electron chi connectivity index (χ3n) is 2.25. The van der Waals surface area contributed by atoms with Gasteiger partial charge in [-0.05, 0) is 12.5 Å². The van der Waals surface area contributed by atoms with Crippen molar-refractivity contribution in [3.05, 3.63) is 39.4 Å². The van der Waals surface area contributed by atoms with E-state index in [9.17, 15) is 14.9 Å². The number of carbonyl (C=O) groups excluding carboxylic acids is 1. The molecule has 0 fully saturated rings. The summed E-state index contributed by atoms with van der Waals surface area (Å²) in [4.78, 5) is 20.9. The summed E-state index contributed by atoms with van der Waals surface area (Å²) in [7, 11) is 0. The summed E-state index contributed by atoms with van der Waals surface area (Å²) in [5.41, 5.74) is 0.625. The van der Waals surface area contributed by atoms with E-state index in [2.05, 4.69) is 15.9 Å². The molecule has 0 aliphatic carbocycles. The van der Waals surface area contributed by atoms with Crippen LogP contribution in [0.4, 0.5) is 5.69 Å². The second kappa shape index (κ2) is 5.55. The van der Waals surface area contributed by atoms with E-state index < -0.39 is 9.75 Å². The Morgan fingerprint density at radius 3 is 2.76 bits per heavy atom. The zero-order chi connectivity index (χ0) is 13.0. The highest BCUT2D eigenvalue weighted by Gasteiger charge is 2.26. The van der Waals surface area contributed by atoms with Crippen molar-refractivity contribution >= 4 is 27.4 Å². The zero-order valence-corrected chi connectivity index (χ0v) is 10.6. The highest BCUT2D eigenvalue weighted by atomic mass is 79.9. The summed E-state index contributed by atoms with van der Waals surface area (Å²) in [6, 6.07) is 6.38. The van der Waals surface area contributed by atoms with E-state index >= 15 is 0 Å². The van der Waals surface area contributed by atoms with Crippen molar-refractivity contribution in [2.24, 2.45) is 0 Å². The number of alkyl halides is 1. The average molecular weight is 297 g/mol. The second-order valence-electron chi connectivity index (χ2n) is 3.42.